The van der Waals surface area contributed by atoms with Crippen LogP contribution in [0.4, 0.5) is 0 Å². The van der Waals surface area contributed by atoms with Crippen molar-refractivity contribution in [2.24, 2.45) is 0 Å². The van der Waals surface area contributed by atoms with E-state index in [1.54, 1.807) is 7.11 Å². The highest BCUT2D eigenvalue weighted by atomic mass is 16.5. The summed E-state index contributed by atoms with van der Waals surface area (Å²) in [5, 5.41) is 0. The molecule has 1 unspecified atom stereocenters. The number of carbonyl (C=O) groups is 1. The smallest absolute Gasteiger partial charge is 0.135 e. The van der Waals surface area contributed by atoms with Crippen LogP contribution in [-0.4, -0.2) is 36.9 Å². The van der Waals surface area contributed by atoms with Crippen molar-refractivity contribution in [1.82, 2.24) is 4.90 Å². The molecular formula is C15H21NO2. The monoisotopic (exact) mass is 247 g/mol. The molecule has 0 aliphatic carbocycles. The lowest BCUT2D eigenvalue weighted by atomic mass is 10.0. The van der Waals surface area contributed by atoms with Gasteiger partial charge < -0.3 is 4.74 Å². The van der Waals surface area contributed by atoms with Gasteiger partial charge in [0.05, 0.1) is 7.11 Å². The van der Waals surface area contributed by atoms with Crippen LogP contribution in [-0.2, 0) is 11.2 Å². The lowest BCUT2D eigenvalue weighted by Gasteiger charge is -2.32. The van der Waals surface area contributed by atoms with Crippen LogP contribution in [0.1, 0.15) is 25.3 Å². The molecular weight excluding hydrogens is 226 g/mol. The Morgan fingerprint density at radius 3 is 3.00 bits per heavy atom. The molecule has 0 aromatic heterocycles. The molecule has 1 fully saturated rings. The first-order chi connectivity index (χ1) is 8.69. The van der Waals surface area contributed by atoms with Gasteiger partial charge in [-0.2, -0.15) is 0 Å². The molecule has 1 aliphatic heterocycles. The van der Waals surface area contributed by atoms with E-state index in [4.69, 9.17) is 4.74 Å². The molecule has 0 amide bonds. The van der Waals surface area contributed by atoms with E-state index in [9.17, 15) is 4.79 Å². The summed E-state index contributed by atoms with van der Waals surface area (Å²) in [6.07, 6.45) is 2.43. The molecule has 1 aromatic rings. The molecule has 3 heteroatoms. The second-order valence-corrected chi connectivity index (χ2v) is 4.98. The second-order valence-electron chi connectivity index (χ2n) is 4.98. The summed E-state index contributed by atoms with van der Waals surface area (Å²) in [5.41, 5.74) is 1.29. The first kappa shape index (κ1) is 13.1. The molecule has 18 heavy (non-hydrogen) atoms. The lowest BCUT2D eigenvalue weighted by molar-refractivity contribution is -0.122. The Morgan fingerprint density at radius 2 is 2.28 bits per heavy atom. The zero-order valence-corrected chi connectivity index (χ0v) is 11.2. The van der Waals surface area contributed by atoms with E-state index in [-0.39, 0.29) is 0 Å². The predicted octanol–water partition coefficient (Wildman–Crippen LogP) is 2.29. The Hall–Kier alpha value is -1.35. The highest BCUT2D eigenvalue weighted by Crippen LogP contribution is 2.16. The number of ether oxygens (including phenoxy) is 1. The van der Waals surface area contributed by atoms with E-state index in [0.717, 1.165) is 25.3 Å². The summed E-state index contributed by atoms with van der Waals surface area (Å²) >= 11 is 0. The van der Waals surface area contributed by atoms with Crippen molar-refractivity contribution in [2.45, 2.75) is 32.2 Å². The number of piperidine rings is 1. The van der Waals surface area contributed by atoms with Gasteiger partial charge in [-0.1, -0.05) is 12.1 Å². The normalized spacial score (nSPS) is 21.0. The van der Waals surface area contributed by atoms with Crippen molar-refractivity contribution < 1.29 is 9.53 Å². The molecule has 0 N–H and O–H groups in total. The molecule has 98 valence electrons. The van der Waals surface area contributed by atoms with E-state index in [1.807, 2.05) is 12.1 Å². The van der Waals surface area contributed by atoms with Crippen molar-refractivity contribution in [3.63, 3.8) is 0 Å². The molecule has 1 aliphatic rings. The van der Waals surface area contributed by atoms with Crippen molar-refractivity contribution in [3.8, 4) is 5.75 Å². The summed E-state index contributed by atoms with van der Waals surface area (Å²) in [6, 6.07) is 8.59. The van der Waals surface area contributed by atoms with E-state index in [2.05, 4.69) is 24.0 Å². The average Bonchev–Trinajstić information content (AvgIpc) is 2.38. The maximum atomic E-state index is 11.3. The highest BCUT2D eigenvalue weighted by molar-refractivity contribution is 5.79. The van der Waals surface area contributed by atoms with Gasteiger partial charge in [0, 0.05) is 32.0 Å². The standard InChI is InChI=1S/C15H21NO2/c1-12-10-14(17)7-9-16(12)8-6-13-4-3-5-15(11-13)18-2/h3-5,11-12H,6-10H2,1-2H3. The zero-order chi connectivity index (χ0) is 13.0. The summed E-state index contributed by atoms with van der Waals surface area (Å²) < 4.78 is 5.22. The van der Waals surface area contributed by atoms with E-state index in [1.165, 1.54) is 5.56 Å². The number of hydrogen-bond acceptors (Lipinski definition) is 3. The minimum Gasteiger partial charge on any atom is -0.497 e. The number of nitrogens with zero attached hydrogens (tertiary/aromatic N) is 1. The average molecular weight is 247 g/mol. The molecule has 1 aromatic carbocycles. The molecule has 0 radical (unpaired) electrons. The number of hydrogen-bond donors (Lipinski definition) is 0. The number of benzene rings is 1. The van der Waals surface area contributed by atoms with Gasteiger partial charge >= 0.3 is 0 Å². The fourth-order valence-electron chi connectivity index (χ4n) is 2.48. The van der Waals surface area contributed by atoms with Crippen LogP contribution in [0.2, 0.25) is 0 Å². The number of rotatable bonds is 4. The molecule has 1 heterocycles. The van der Waals surface area contributed by atoms with Gasteiger partial charge in [-0.3, -0.25) is 9.69 Å². The van der Waals surface area contributed by atoms with Crippen LogP contribution >= 0.6 is 0 Å². The summed E-state index contributed by atoms with van der Waals surface area (Å²) in [7, 11) is 1.69. The first-order valence-corrected chi connectivity index (χ1v) is 6.57. The Kier molecular flexibility index (Phi) is 4.37. The van der Waals surface area contributed by atoms with Crippen LogP contribution in [0, 0.1) is 0 Å². The van der Waals surface area contributed by atoms with Gasteiger partial charge in [-0.25, -0.2) is 0 Å². The van der Waals surface area contributed by atoms with Crippen LogP contribution in [0.3, 0.4) is 0 Å². The third-order valence-corrected chi connectivity index (χ3v) is 3.65. The molecule has 0 bridgehead atoms. The van der Waals surface area contributed by atoms with Gasteiger partial charge in [-0.05, 0) is 31.0 Å². The zero-order valence-electron chi connectivity index (χ0n) is 11.2. The van der Waals surface area contributed by atoms with Gasteiger partial charge in [0.1, 0.15) is 11.5 Å². The Morgan fingerprint density at radius 1 is 1.44 bits per heavy atom. The second kappa shape index (κ2) is 6.01. The SMILES string of the molecule is COc1cccc(CCN2CCC(=O)CC2C)c1. The van der Waals surface area contributed by atoms with Crippen molar-refractivity contribution in [3.05, 3.63) is 29.8 Å². The van der Waals surface area contributed by atoms with E-state index < -0.39 is 0 Å². The fourth-order valence-corrected chi connectivity index (χ4v) is 2.48. The summed E-state index contributed by atoms with van der Waals surface area (Å²) in [5.74, 6) is 1.31. The molecule has 0 saturated carbocycles. The maximum Gasteiger partial charge on any atom is 0.135 e. The van der Waals surface area contributed by atoms with Gasteiger partial charge in [0.25, 0.3) is 0 Å². The van der Waals surface area contributed by atoms with Gasteiger partial charge in [0.15, 0.2) is 0 Å². The first-order valence-electron chi connectivity index (χ1n) is 6.57. The molecule has 2 rings (SSSR count). The summed E-state index contributed by atoms with van der Waals surface area (Å²) in [6.45, 7) is 4.06. The fraction of sp³-hybridized carbons (Fsp3) is 0.533. The summed E-state index contributed by atoms with van der Waals surface area (Å²) in [4.78, 5) is 13.7. The minimum atomic E-state index is 0.386. The van der Waals surface area contributed by atoms with Gasteiger partial charge in [0.2, 0.25) is 0 Å². The highest BCUT2D eigenvalue weighted by Gasteiger charge is 2.22. The van der Waals surface area contributed by atoms with Crippen LogP contribution in [0.25, 0.3) is 0 Å². The predicted molar refractivity (Wildman–Crippen MR) is 72.0 cm³/mol. The molecule has 1 saturated heterocycles. The molecule has 3 nitrogen and oxygen atoms in total. The topological polar surface area (TPSA) is 29.5 Å². The Balaban J connectivity index is 1.88. The van der Waals surface area contributed by atoms with Crippen LogP contribution in [0.5, 0.6) is 5.75 Å². The number of Topliss-reactive ketones (excluding diaryl/α,β-unsaturated/α-hetero) is 1. The maximum absolute atomic E-state index is 11.3. The third-order valence-electron chi connectivity index (χ3n) is 3.65. The van der Waals surface area contributed by atoms with E-state index >= 15 is 0 Å². The largest absolute Gasteiger partial charge is 0.497 e. The van der Waals surface area contributed by atoms with Crippen molar-refractivity contribution in [1.29, 1.82) is 0 Å². The third kappa shape index (κ3) is 3.33. The van der Waals surface area contributed by atoms with Crippen molar-refractivity contribution >= 4 is 5.78 Å². The number of carbonyl (C=O) groups excluding carboxylic acids is 1. The van der Waals surface area contributed by atoms with E-state index in [0.29, 0.717) is 24.7 Å². The molecule has 0 spiro atoms. The van der Waals surface area contributed by atoms with Crippen LogP contribution < -0.4 is 4.74 Å². The van der Waals surface area contributed by atoms with Gasteiger partial charge in [-0.15, -0.1) is 0 Å². The quantitative estimate of drug-likeness (QED) is 0.817. The minimum absolute atomic E-state index is 0.386. The lowest BCUT2D eigenvalue weighted by Crippen LogP contribution is -2.41. The number of likely N-dealkylation sites (tertiary alicyclic amines) is 1. The molecule has 1 atom stereocenters. The number of ketones is 1. The van der Waals surface area contributed by atoms with Crippen molar-refractivity contribution in [2.75, 3.05) is 20.2 Å². The Bertz CT molecular complexity index is 417. The van der Waals surface area contributed by atoms with Crippen LogP contribution in [0.15, 0.2) is 24.3 Å². The Labute approximate surface area is 109 Å². The number of methoxy groups -OCH3 is 1.